The van der Waals surface area contributed by atoms with Gasteiger partial charge in [-0.15, -0.1) is 0 Å². The Kier molecular flexibility index (Phi) is 5.56. The maximum absolute atomic E-state index is 2.53. The molecule has 0 nitrogen and oxygen atoms in total. The second kappa shape index (κ2) is 7.63. The van der Waals surface area contributed by atoms with Crippen molar-refractivity contribution in [3.8, 4) is 11.1 Å². The number of benzene rings is 2. The fourth-order valence-corrected chi connectivity index (χ4v) is 4.37. The Hall–Kier alpha value is -0.830. The minimum atomic E-state index is 1.13. The van der Waals surface area contributed by atoms with Crippen molar-refractivity contribution >= 4 is 22.6 Å². The SMILES string of the molecule is CCCCCCCCc1c(I)ccc2c1Cc1ccccc1-2. The molecule has 0 aromatic heterocycles. The number of unbranched alkanes of at least 4 members (excludes halogenated alkanes) is 5. The molecule has 0 unspecified atom stereocenters. The van der Waals surface area contributed by atoms with Crippen molar-refractivity contribution < 1.29 is 0 Å². The Bertz CT molecular complexity index is 642. The summed E-state index contributed by atoms with van der Waals surface area (Å²) in [6.07, 6.45) is 10.6. The van der Waals surface area contributed by atoms with Gasteiger partial charge in [0.25, 0.3) is 0 Å². The monoisotopic (exact) mass is 404 g/mol. The summed E-state index contributed by atoms with van der Waals surface area (Å²) in [5.74, 6) is 0. The third-order valence-corrected chi connectivity index (χ3v) is 5.84. The molecule has 0 radical (unpaired) electrons. The summed E-state index contributed by atoms with van der Waals surface area (Å²) in [4.78, 5) is 0. The highest BCUT2D eigenvalue weighted by molar-refractivity contribution is 14.1. The molecule has 1 aliphatic rings. The molecule has 2 aromatic rings. The zero-order chi connectivity index (χ0) is 15.4. The van der Waals surface area contributed by atoms with Crippen molar-refractivity contribution in [2.24, 2.45) is 0 Å². The van der Waals surface area contributed by atoms with E-state index in [4.69, 9.17) is 0 Å². The predicted molar refractivity (Wildman–Crippen MR) is 104 cm³/mol. The molecule has 2 aromatic carbocycles. The molecule has 0 saturated carbocycles. The van der Waals surface area contributed by atoms with Crippen LogP contribution >= 0.6 is 22.6 Å². The van der Waals surface area contributed by atoms with Gasteiger partial charge in [0.15, 0.2) is 0 Å². The van der Waals surface area contributed by atoms with Crippen LogP contribution in [0, 0.1) is 3.57 Å². The lowest BCUT2D eigenvalue weighted by molar-refractivity contribution is 0.606. The molecule has 0 saturated heterocycles. The van der Waals surface area contributed by atoms with Gasteiger partial charge in [-0.2, -0.15) is 0 Å². The van der Waals surface area contributed by atoms with Crippen molar-refractivity contribution in [1.29, 1.82) is 0 Å². The van der Waals surface area contributed by atoms with Crippen molar-refractivity contribution in [3.63, 3.8) is 0 Å². The van der Waals surface area contributed by atoms with Gasteiger partial charge in [-0.3, -0.25) is 0 Å². The first kappa shape index (κ1) is 16.0. The lowest BCUT2D eigenvalue weighted by atomic mass is 9.96. The topological polar surface area (TPSA) is 0 Å². The number of hydrogen-bond donors (Lipinski definition) is 0. The van der Waals surface area contributed by atoms with Crippen LogP contribution in [0.15, 0.2) is 36.4 Å². The maximum Gasteiger partial charge on any atom is 0.0165 e. The van der Waals surface area contributed by atoms with Crippen LogP contribution in [0.3, 0.4) is 0 Å². The van der Waals surface area contributed by atoms with Gasteiger partial charge in [-0.1, -0.05) is 69.4 Å². The smallest absolute Gasteiger partial charge is 0.0165 e. The zero-order valence-electron chi connectivity index (χ0n) is 13.5. The second-order valence-corrected chi connectivity index (χ2v) is 7.57. The minimum Gasteiger partial charge on any atom is -0.0654 e. The van der Waals surface area contributed by atoms with Crippen LogP contribution in [-0.4, -0.2) is 0 Å². The third kappa shape index (κ3) is 3.40. The fraction of sp³-hybridized carbons (Fsp3) is 0.429. The fourth-order valence-electron chi connectivity index (χ4n) is 3.60. The van der Waals surface area contributed by atoms with Crippen molar-refractivity contribution in [3.05, 3.63) is 56.7 Å². The van der Waals surface area contributed by atoms with Crippen LogP contribution in [0.4, 0.5) is 0 Å². The predicted octanol–water partition coefficient (Wildman–Crippen LogP) is 6.77. The Balaban J connectivity index is 1.71. The first-order valence-electron chi connectivity index (χ1n) is 8.69. The lowest BCUT2D eigenvalue weighted by Gasteiger charge is -2.11. The number of rotatable bonds is 7. The molecule has 116 valence electrons. The number of halogens is 1. The molecule has 1 heteroatoms. The van der Waals surface area contributed by atoms with E-state index in [9.17, 15) is 0 Å². The Labute approximate surface area is 148 Å². The highest BCUT2D eigenvalue weighted by atomic mass is 127. The maximum atomic E-state index is 2.53. The first-order chi connectivity index (χ1) is 10.8. The van der Waals surface area contributed by atoms with E-state index in [1.807, 2.05) is 0 Å². The molecule has 0 aliphatic heterocycles. The molecule has 0 heterocycles. The van der Waals surface area contributed by atoms with Crippen LogP contribution in [0.1, 0.15) is 62.1 Å². The highest BCUT2D eigenvalue weighted by Gasteiger charge is 2.21. The van der Waals surface area contributed by atoms with Crippen LogP contribution in [0.2, 0.25) is 0 Å². The number of hydrogen-bond acceptors (Lipinski definition) is 0. The summed E-state index contributed by atoms with van der Waals surface area (Å²) in [6.45, 7) is 2.29. The van der Waals surface area contributed by atoms with Gasteiger partial charge in [0, 0.05) is 3.57 Å². The van der Waals surface area contributed by atoms with E-state index >= 15 is 0 Å². The van der Waals surface area contributed by atoms with Gasteiger partial charge >= 0.3 is 0 Å². The van der Waals surface area contributed by atoms with E-state index in [-0.39, 0.29) is 0 Å². The van der Waals surface area contributed by atoms with E-state index in [2.05, 4.69) is 65.9 Å². The van der Waals surface area contributed by atoms with Crippen molar-refractivity contribution in [1.82, 2.24) is 0 Å². The molecular formula is C21H25I. The van der Waals surface area contributed by atoms with E-state index < -0.39 is 0 Å². The average molecular weight is 404 g/mol. The van der Waals surface area contributed by atoms with E-state index in [1.165, 1.54) is 65.2 Å². The number of fused-ring (bicyclic) bond motifs is 3. The van der Waals surface area contributed by atoms with Crippen LogP contribution < -0.4 is 0 Å². The summed E-state index contributed by atoms with van der Waals surface area (Å²) < 4.78 is 1.46. The van der Waals surface area contributed by atoms with E-state index in [0.29, 0.717) is 0 Å². The van der Waals surface area contributed by atoms with Crippen LogP contribution in [0.5, 0.6) is 0 Å². The highest BCUT2D eigenvalue weighted by Crippen LogP contribution is 2.40. The molecule has 0 atom stereocenters. The van der Waals surface area contributed by atoms with Crippen molar-refractivity contribution in [2.75, 3.05) is 0 Å². The molecule has 0 N–H and O–H groups in total. The van der Waals surface area contributed by atoms with Gasteiger partial charge in [0.05, 0.1) is 0 Å². The third-order valence-electron chi connectivity index (χ3n) is 4.83. The van der Waals surface area contributed by atoms with Gasteiger partial charge in [-0.05, 0) is 75.7 Å². The molecule has 0 spiro atoms. The zero-order valence-corrected chi connectivity index (χ0v) is 15.7. The van der Waals surface area contributed by atoms with E-state index in [1.54, 1.807) is 11.1 Å². The standard InChI is InChI=1S/C21H25I/c1-2-3-4-5-6-7-12-19-20-15-16-10-8-9-11-17(16)18(20)13-14-21(19)22/h8-11,13-14H,2-7,12,15H2,1H3. The summed E-state index contributed by atoms with van der Waals surface area (Å²) in [5.41, 5.74) is 7.66. The molecule has 0 fully saturated rings. The Morgan fingerprint density at radius 3 is 2.50 bits per heavy atom. The van der Waals surface area contributed by atoms with Crippen LogP contribution in [0.25, 0.3) is 11.1 Å². The lowest BCUT2D eigenvalue weighted by Crippen LogP contribution is -1.97. The van der Waals surface area contributed by atoms with Crippen molar-refractivity contribution in [2.45, 2.75) is 58.3 Å². The van der Waals surface area contributed by atoms with Gasteiger partial charge in [-0.25, -0.2) is 0 Å². The van der Waals surface area contributed by atoms with Gasteiger partial charge in [0.2, 0.25) is 0 Å². The quantitative estimate of drug-likeness (QED) is 0.301. The Morgan fingerprint density at radius 2 is 1.64 bits per heavy atom. The molecular weight excluding hydrogens is 379 g/mol. The largest absolute Gasteiger partial charge is 0.0654 e. The Morgan fingerprint density at radius 1 is 0.864 bits per heavy atom. The molecule has 1 aliphatic carbocycles. The second-order valence-electron chi connectivity index (χ2n) is 6.40. The molecule has 3 rings (SSSR count). The summed E-state index contributed by atoms with van der Waals surface area (Å²) >= 11 is 2.53. The summed E-state index contributed by atoms with van der Waals surface area (Å²) in [6, 6.07) is 13.5. The molecule has 0 amide bonds. The van der Waals surface area contributed by atoms with Gasteiger partial charge < -0.3 is 0 Å². The summed E-state index contributed by atoms with van der Waals surface area (Å²) in [7, 11) is 0. The normalized spacial score (nSPS) is 12.3. The minimum absolute atomic E-state index is 1.13. The summed E-state index contributed by atoms with van der Waals surface area (Å²) in [5, 5.41) is 0. The van der Waals surface area contributed by atoms with Gasteiger partial charge in [0.1, 0.15) is 0 Å². The van der Waals surface area contributed by atoms with Crippen LogP contribution in [-0.2, 0) is 12.8 Å². The molecule has 0 bridgehead atoms. The average Bonchev–Trinajstić information content (AvgIpc) is 2.91. The first-order valence-corrected chi connectivity index (χ1v) is 9.77. The van der Waals surface area contributed by atoms with E-state index in [0.717, 1.165) is 6.42 Å². The molecule has 22 heavy (non-hydrogen) atoms.